The van der Waals surface area contributed by atoms with Gasteiger partial charge in [0.1, 0.15) is 5.82 Å². The Bertz CT molecular complexity index is 888. The number of nitrogen functional groups attached to an aromatic ring is 1. The smallest absolute Gasteiger partial charge is 0.356 e. The van der Waals surface area contributed by atoms with Crippen LogP contribution in [0.25, 0.3) is 11.3 Å². The zero-order valence-corrected chi connectivity index (χ0v) is 13.5. The zero-order chi connectivity index (χ0) is 18.2. The van der Waals surface area contributed by atoms with Gasteiger partial charge in [-0.1, -0.05) is 16.9 Å². The van der Waals surface area contributed by atoms with E-state index in [2.05, 4.69) is 15.4 Å². The number of hydrogen-bond acceptors (Lipinski definition) is 6. The molecule has 2 aromatic heterocycles. The van der Waals surface area contributed by atoms with Crippen LogP contribution < -0.4 is 5.84 Å². The van der Waals surface area contributed by atoms with E-state index < -0.39 is 12.0 Å². The monoisotopic (exact) mass is 373 g/mol. The minimum Gasteiger partial charge on any atom is -0.356 e. The molecule has 0 amide bonds. The third kappa shape index (κ3) is 3.45. The molecule has 0 spiro atoms. The summed E-state index contributed by atoms with van der Waals surface area (Å²) in [5.41, 5.74) is 1.85. The van der Waals surface area contributed by atoms with Crippen LogP contribution in [0.2, 0.25) is 0 Å². The third-order valence-corrected chi connectivity index (χ3v) is 4.34. The van der Waals surface area contributed by atoms with Crippen LogP contribution in [0.3, 0.4) is 0 Å². The second-order valence-corrected chi connectivity index (χ2v) is 6.00. The number of benzene rings is 1. The summed E-state index contributed by atoms with van der Waals surface area (Å²) in [6.07, 6.45) is -4.68. The number of thioether (sulfide) groups is 1. The van der Waals surface area contributed by atoms with Gasteiger partial charge in [0, 0.05) is 16.9 Å². The van der Waals surface area contributed by atoms with Gasteiger partial charge >= 0.3 is 6.18 Å². The summed E-state index contributed by atoms with van der Waals surface area (Å²) in [5.74, 6) is 4.36. The van der Waals surface area contributed by atoms with Gasteiger partial charge in [-0.3, -0.25) is 0 Å². The van der Waals surface area contributed by atoms with Crippen LogP contribution in [-0.2, 0) is 11.9 Å². The van der Waals surface area contributed by atoms with Crippen molar-refractivity contribution in [2.45, 2.75) is 24.0 Å². The minimum atomic E-state index is -4.68. The summed E-state index contributed by atoms with van der Waals surface area (Å²) < 4.78 is 56.6. The first-order valence-electron chi connectivity index (χ1n) is 6.89. The summed E-state index contributed by atoms with van der Waals surface area (Å²) in [5, 5.41) is 10.3. The maximum absolute atomic E-state index is 13.0. The van der Waals surface area contributed by atoms with E-state index in [1.54, 1.807) is 19.1 Å². The highest BCUT2D eigenvalue weighted by atomic mass is 32.2. The molecule has 0 saturated heterocycles. The van der Waals surface area contributed by atoms with Gasteiger partial charge in [0.2, 0.25) is 5.16 Å². The van der Waals surface area contributed by atoms with Gasteiger partial charge < -0.3 is 10.4 Å². The molecule has 3 aromatic rings. The summed E-state index contributed by atoms with van der Waals surface area (Å²) in [6, 6.07) is 5.68. The van der Waals surface area contributed by atoms with Crippen molar-refractivity contribution in [1.29, 1.82) is 0 Å². The van der Waals surface area contributed by atoms with Crippen LogP contribution in [0.4, 0.5) is 17.6 Å². The van der Waals surface area contributed by atoms with Crippen LogP contribution in [0.1, 0.15) is 17.1 Å². The second-order valence-electron chi connectivity index (χ2n) is 5.05. The largest absolute Gasteiger partial charge is 0.453 e. The first-order chi connectivity index (χ1) is 11.8. The molecule has 25 heavy (non-hydrogen) atoms. The van der Waals surface area contributed by atoms with Gasteiger partial charge in [-0.15, -0.1) is 10.2 Å². The molecular weight excluding hydrogens is 362 g/mol. The van der Waals surface area contributed by atoms with Crippen LogP contribution >= 0.6 is 11.8 Å². The molecule has 3 rings (SSSR count). The molecule has 0 fully saturated rings. The molecule has 132 valence electrons. The van der Waals surface area contributed by atoms with E-state index in [1.807, 2.05) is 0 Å². The van der Waals surface area contributed by atoms with E-state index >= 15 is 0 Å². The quantitative estimate of drug-likeness (QED) is 0.429. The van der Waals surface area contributed by atoms with Gasteiger partial charge in [0.15, 0.2) is 5.76 Å². The van der Waals surface area contributed by atoms with Crippen molar-refractivity contribution in [3.05, 3.63) is 47.2 Å². The van der Waals surface area contributed by atoms with Crippen molar-refractivity contribution < 1.29 is 22.1 Å². The predicted molar refractivity (Wildman–Crippen MR) is 81.4 cm³/mol. The van der Waals surface area contributed by atoms with E-state index in [4.69, 9.17) is 10.4 Å². The number of hydrogen-bond donors (Lipinski definition) is 1. The topological polar surface area (TPSA) is 82.8 Å². The van der Waals surface area contributed by atoms with E-state index in [9.17, 15) is 17.6 Å². The lowest BCUT2D eigenvalue weighted by Gasteiger charge is -2.05. The van der Waals surface area contributed by atoms with Crippen molar-refractivity contribution in [3.8, 4) is 11.3 Å². The van der Waals surface area contributed by atoms with Crippen LogP contribution in [0.5, 0.6) is 0 Å². The normalized spacial score (nSPS) is 11.9. The first-order valence-corrected chi connectivity index (χ1v) is 7.87. The summed E-state index contributed by atoms with van der Waals surface area (Å²) in [6.45, 7) is 1.75. The summed E-state index contributed by atoms with van der Waals surface area (Å²) >= 11 is 0.944. The molecule has 0 aliphatic rings. The Hall–Kier alpha value is -2.56. The molecule has 6 nitrogen and oxygen atoms in total. The van der Waals surface area contributed by atoms with Gasteiger partial charge in [-0.05, 0) is 31.2 Å². The molecule has 1 aromatic carbocycles. The molecule has 0 saturated carbocycles. The summed E-state index contributed by atoms with van der Waals surface area (Å²) in [4.78, 5) is 0. The molecule has 2 heterocycles. The maximum atomic E-state index is 13.0. The van der Waals surface area contributed by atoms with Crippen molar-refractivity contribution in [3.63, 3.8) is 0 Å². The summed E-state index contributed by atoms with van der Waals surface area (Å²) in [7, 11) is 0. The average Bonchev–Trinajstić information content (AvgIpc) is 3.09. The SMILES string of the molecule is Cc1c(CSc2nnc(C(F)(F)F)n2N)noc1-c1ccc(F)cc1. The van der Waals surface area contributed by atoms with Gasteiger partial charge in [-0.25, -0.2) is 9.07 Å². The zero-order valence-electron chi connectivity index (χ0n) is 12.7. The lowest BCUT2D eigenvalue weighted by atomic mass is 10.1. The van der Waals surface area contributed by atoms with Crippen molar-refractivity contribution >= 4 is 11.8 Å². The first kappa shape index (κ1) is 17.3. The lowest BCUT2D eigenvalue weighted by molar-refractivity contribution is -0.146. The van der Waals surface area contributed by atoms with Crippen LogP contribution in [0, 0.1) is 12.7 Å². The number of aromatic nitrogens is 4. The third-order valence-electron chi connectivity index (χ3n) is 3.38. The highest BCUT2D eigenvalue weighted by molar-refractivity contribution is 7.98. The van der Waals surface area contributed by atoms with Crippen molar-refractivity contribution in [2.75, 3.05) is 5.84 Å². The molecule has 0 unspecified atom stereocenters. The van der Waals surface area contributed by atoms with E-state index in [0.717, 1.165) is 11.8 Å². The average molecular weight is 373 g/mol. The molecule has 0 atom stereocenters. The molecule has 11 heteroatoms. The second kappa shape index (κ2) is 6.39. The van der Waals surface area contributed by atoms with E-state index in [0.29, 0.717) is 27.3 Å². The Balaban J connectivity index is 1.77. The number of nitrogens with zero attached hydrogens (tertiary/aromatic N) is 4. The van der Waals surface area contributed by atoms with Gasteiger partial charge in [0.25, 0.3) is 5.82 Å². The Kier molecular flexibility index (Phi) is 4.41. The lowest BCUT2D eigenvalue weighted by Crippen LogP contribution is -2.21. The maximum Gasteiger partial charge on any atom is 0.453 e. The molecular formula is C14H11F4N5OS. The van der Waals surface area contributed by atoms with E-state index in [1.165, 1.54) is 12.1 Å². The minimum absolute atomic E-state index is 0.0990. The molecule has 0 bridgehead atoms. The fourth-order valence-electron chi connectivity index (χ4n) is 2.08. The number of alkyl halides is 3. The Morgan fingerprint density at radius 3 is 2.48 bits per heavy atom. The number of rotatable bonds is 4. The molecule has 0 aliphatic heterocycles. The van der Waals surface area contributed by atoms with Crippen LogP contribution in [0.15, 0.2) is 33.9 Å². The fourth-order valence-corrected chi connectivity index (χ4v) is 2.93. The highest BCUT2D eigenvalue weighted by Crippen LogP contribution is 2.32. The Labute approximate surface area is 143 Å². The molecule has 2 N–H and O–H groups in total. The molecule has 0 aliphatic carbocycles. The fraction of sp³-hybridized carbons (Fsp3) is 0.214. The van der Waals surface area contributed by atoms with Crippen molar-refractivity contribution in [1.82, 2.24) is 20.0 Å². The predicted octanol–water partition coefficient (Wildman–Crippen LogP) is 3.41. The standard InChI is InChI=1S/C14H11F4N5OS/c1-7-10(22-24-11(7)8-2-4-9(15)5-3-8)6-25-13-21-20-12(23(13)19)14(16,17)18/h2-5H,6,19H2,1H3. The van der Waals surface area contributed by atoms with Gasteiger partial charge in [-0.2, -0.15) is 13.2 Å². The highest BCUT2D eigenvalue weighted by Gasteiger charge is 2.38. The Morgan fingerprint density at radius 1 is 1.20 bits per heavy atom. The molecule has 0 radical (unpaired) electrons. The number of nitrogens with two attached hydrogens (primary N) is 1. The van der Waals surface area contributed by atoms with E-state index in [-0.39, 0.29) is 16.7 Å². The Morgan fingerprint density at radius 2 is 1.88 bits per heavy atom. The van der Waals surface area contributed by atoms with Crippen LogP contribution in [-0.4, -0.2) is 20.0 Å². The number of halogens is 4. The van der Waals surface area contributed by atoms with Crippen molar-refractivity contribution in [2.24, 2.45) is 0 Å². The van der Waals surface area contributed by atoms with Gasteiger partial charge in [0.05, 0.1) is 5.69 Å².